The number of hydrogen-bond acceptors (Lipinski definition) is 4. The van der Waals surface area contributed by atoms with E-state index in [1.54, 1.807) is 0 Å². The first kappa shape index (κ1) is 10.7. The summed E-state index contributed by atoms with van der Waals surface area (Å²) in [6.45, 7) is 0.947. The van der Waals surface area contributed by atoms with E-state index in [2.05, 4.69) is 5.16 Å². The van der Waals surface area contributed by atoms with Crippen LogP contribution in [-0.2, 0) is 4.74 Å². The van der Waals surface area contributed by atoms with Crippen LogP contribution < -0.4 is 10.5 Å². The lowest BCUT2D eigenvalue weighted by Crippen LogP contribution is -2.38. The number of ether oxygens (including phenoxy) is 2. The fraction of sp³-hybridized carbons (Fsp3) is 0.300. The van der Waals surface area contributed by atoms with Crippen molar-refractivity contribution in [2.75, 3.05) is 13.2 Å². The van der Waals surface area contributed by atoms with E-state index in [1.807, 2.05) is 0 Å². The summed E-state index contributed by atoms with van der Waals surface area (Å²) in [5.74, 6) is -0.545. The molecule has 0 unspecified atom stereocenters. The van der Waals surface area contributed by atoms with Crippen LogP contribution >= 0.6 is 0 Å². The molecule has 1 heterocycles. The summed E-state index contributed by atoms with van der Waals surface area (Å²) >= 11 is 0. The third-order valence-electron chi connectivity index (χ3n) is 2.24. The molecule has 0 saturated carbocycles. The van der Waals surface area contributed by atoms with Crippen LogP contribution in [0.2, 0.25) is 0 Å². The molecule has 0 atom stereocenters. The van der Waals surface area contributed by atoms with Gasteiger partial charge < -0.3 is 20.4 Å². The molecule has 5 nitrogen and oxygen atoms in total. The zero-order valence-corrected chi connectivity index (χ0v) is 8.39. The number of rotatable bonds is 3. The molecule has 1 saturated heterocycles. The zero-order chi connectivity index (χ0) is 11.5. The summed E-state index contributed by atoms with van der Waals surface area (Å²) in [7, 11) is 0. The van der Waals surface area contributed by atoms with Crippen LogP contribution in [0, 0.1) is 5.82 Å². The Labute approximate surface area is 91.3 Å². The van der Waals surface area contributed by atoms with Gasteiger partial charge in [0, 0.05) is 5.56 Å². The Bertz CT molecular complexity index is 419. The van der Waals surface area contributed by atoms with Crippen molar-refractivity contribution >= 4 is 5.84 Å². The molecule has 0 radical (unpaired) electrons. The molecule has 1 aromatic carbocycles. The number of oxime groups is 1. The van der Waals surface area contributed by atoms with Crippen LogP contribution in [0.25, 0.3) is 0 Å². The van der Waals surface area contributed by atoms with E-state index in [9.17, 15) is 4.39 Å². The molecular weight excluding hydrogens is 215 g/mol. The van der Waals surface area contributed by atoms with Crippen molar-refractivity contribution in [2.45, 2.75) is 6.10 Å². The second-order valence-electron chi connectivity index (χ2n) is 3.41. The van der Waals surface area contributed by atoms with Gasteiger partial charge in [-0.1, -0.05) is 5.16 Å². The highest BCUT2D eigenvalue weighted by molar-refractivity contribution is 5.97. The Hall–Kier alpha value is -1.82. The van der Waals surface area contributed by atoms with Crippen molar-refractivity contribution in [3.8, 4) is 5.75 Å². The van der Waals surface area contributed by atoms with Crippen LogP contribution in [0.1, 0.15) is 5.56 Å². The first-order chi connectivity index (χ1) is 7.70. The second-order valence-corrected chi connectivity index (χ2v) is 3.41. The maximum absolute atomic E-state index is 13.5. The Morgan fingerprint density at radius 2 is 2.31 bits per heavy atom. The van der Waals surface area contributed by atoms with Crippen LogP contribution in [0.5, 0.6) is 5.75 Å². The SMILES string of the molecule is N/C(=N/O)c1ccc(OC2COC2)c(F)c1. The fourth-order valence-electron chi connectivity index (χ4n) is 1.28. The second kappa shape index (κ2) is 4.36. The molecule has 1 aliphatic rings. The van der Waals surface area contributed by atoms with Crippen molar-refractivity contribution in [2.24, 2.45) is 10.9 Å². The van der Waals surface area contributed by atoms with Crippen LogP contribution in [0.15, 0.2) is 23.4 Å². The minimum absolute atomic E-state index is 0.0933. The third-order valence-corrected chi connectivity index (χ3v) is 2.24. The monoisotopic (exact) mass is 226 g/mol. The number of nitrogens with zero attached hydrogens (tertiary/aromatic N) is 1. The first-order valence-corrected chi connectivity index (χ1v) is 4.72. The summed E-state index contributed by atoms with van der Waals surface area (Å²) in [6, 6.07) is 4.12. The minimum atomic E-state index is -0.545. The van der Waals surface area contributed by atoms with Crippen LogP contribution in [0.4, 0.5) is 4.39 Å². The highest BCUT2D eigenvalue weighted by Gasteiger charge is 2.21. The molecule has 6 heteroatoms. The molecule has 0 amide bonds. The van der Waals surface area contributed by atoms with Crippen LogP contribution in [0.3, 0.4) is 0 Å². The minimum Gasteiger partial charge on any atom is -0.483 e. The lowest BCUT2D eigenvalue weighted by molar-refractivity contribution is -0.0808. The van der Waals surface area contributed by atoms with E-state index in [1.165, 1.54) is 12.1 Å². The predicted octanol–water partition coefficient (Wildman–Crippen LogP) is 0.698. The largest absolute Gasteiger partial charge is 0.483 e. The maximum Gasteiger partial charge on any atom is 0.170 e. The summed E-state index contributed by atoms with van der Waals surface area (Å²) in [5, 5.41) is 11.2. The van der Waals surface area contributed by atoms with Crippen molar-refractivity contribution in [1.29, 1.82) is 0 Å². The van der Waals surface area contributed by atoms with Gasteiger partial charge in [-0.2, -0.15) is 0 Å². The van der Waals surface area contributed by atoms with Crippen LogP contribution in [-0.4, -0.2) is 30.4 Å². The van der Waals surface area contributed by atoms with Gasteiger partial charge in [-0.3, -0.25) is 0 Å². The average Bonchev–Trinajstić information content (AvgIpc) is 2.23. The van der Waals surface area contributed by atoms with Gasteiger partial charge in [0.2, 0.25) is 0 Å². The fourth-order valence-corrected chi connectivity index (χ4v) is 1.28. The lowest BCUT2D eigenvalue weighted by atomic mass is 10.2. The van der Waals surface area contributed by atoms with E-state index in [-0.39, 0.29) is 17.7 Å². The molecule has 0 spiro atoms. The van der Waals surface area contributed by atoms with Gasteiger partial charge in [0.15, 0.2) is 17.4 Å². The molecule has 16 heavy (non-hydrogen) atoms. The molecule has 0 bridgehead atoms. The Morgan fingerprint density at radius 3 is 2.81 bits per heavy atom. The summed E-state index contributed by atoms with van der Waals surface area (Å²) < 4.78 is 23.7. The van der Waals surface area contributed by atoms with E-state index in [0.29, 0.717) is 18.8 Å². The molecule has 1 fully saturated rings. The normalized spacial score (nSPS) is 16.9. The Balaban J connectivity index is 2.15. The Kier molecular flexibility index (Phi) is 2.91. The van der Waals surface area contributed by atoms with E-state index in [4.69, 9.17) is 20.4 Å². The summed E-state index contributed by atoms with van der Waals surface area (Å²) in [6.07, 6.45) is -0.0933. The number of benzene rings is 1. The lowest BCUT2D eigenvalue weighted by Gasteiger charge is -2.26. The van der Waals surface area contributed by atoms with E-state index >= 15 is 0 Å². The predicted molar refractivity (Wildman–Crippen MR) is 54.1 cm³/mol. The van der Waals surface area contributed by atoms with Crippen molar-refractivity contribution < 1.29 is 19.1 Å². The number of amidine groups is 1. The molecule has 0 aliphatic carbocycles. The summed E-state index contributed by atoms with van der Waals surface area (Å²) in [4.78, 5) is 0. The molecule has 1 aliphatic heterocycles. The van der Waals surface area contributed by atoms with Gasteiger partial charge in [0.1, 0.15) is 6.10 Å². The van der Waals surface area contributed by atoms with Gasteiger partial charge in [-0.15, -0.1) is 0 Å². The smallest absolute Gasteiger partial charge is 0.170 e. The topological polar surface area (TPSA) is 77.1 Å². The third kappa shape index (κ3) is 2.06. The van der Waals surface area contributed by atoms with E-state index < -0.39 is 5.82 Å². The average molecular weight is 226 g/mol. The zero-order valence-electron chi connectivity index (χ0n) is 8.39. The molecular formula is C10H11FN2O3. The van der Waals surface area contributed by atoms with Crippen molar-refractivity contribution in [3.05, 3.63) is 29.6 Å². The van der Waals surface area contributed by atoms with Crippen molar-refractivity contribution in [1.82, 2.24) is 0 Å². The molecule has 3 N–H and O–H groups in total. The molecule has 0 aromatic heterocycles. The molecule has 2 rings (SSSR count). The standard InChI is InChI=1S/C10H11FN2O3/c11-8-3-6(10(12)13-14)1-2-9(8)16-7-4-15-5-7/h1-3,7,14H,4-5H2,(H2,12,13). The highest BCUT2D eigenvalue weighted by Crippen LogP contribution is 2.21. The number of halogens is 1. The maximum atomic E-state index is 13.5. The van der Waals surface area contributed by atoms with Gasteiger partial charge in [0.05, 0.1) is 13.2 Å². The van der Waals surface area contributed by atoms with Crippen molar-refractivity contribution in [3.63, 3.8) is 0 Å². The van der Waals surface area contributed by atoms with Gasteiger partial charge in [-0.25, -0.2) is 4.39 Å². The van der Waals surface area contributed by atoms with Gasteiger partial charge in [-0.05, 0) is 18.2 Å². The quantitative estimate of drug-likeness (QED) is 0.344. The first-order valence-electron chi connectivity index (χ1n) is 4.72. The number of nitrogens with two attached hydrogens (primary N) is 1. The highest BCUT2D eigenvalue weighted by atomic mass is 19.1. The number of hydrogen-bond donors (Lipinski definition) is 2. The van der Waals surface area contributed by atoms with E-state index in [0.717, 1.165) is 6.07 Å². The molecule has 1 aromatic rings. The Morgan fingerprint density at radius 1 is 1.56 bits per heavy atom. The van der Waals surface area contributed by atoms with Gasteiger partial charge >= 0.3 is 0 Å². The van der Waals surface area contributed by atoms with Gasteiger partial charge in [0.25, 0.3) is 0 Å². The molecule has 86 valence electrons. The summed E-state index contributed by atoms with van der Waals surface area (Å²) in [5.41, 5.74) is 5.63.